The van der Waals surface area contributed by atoms with Gasteiger partial charge >= 0.3 is 0 Å². The molecule has 0 aromatic rings. The Kier molecular flexibility index (Phi) is 4.35. The normalized spacial score (nSPS) is 22.9. The molecule has 0 bridgehead atoms. The molecule has 1 saturated carbocycles. The fraction of sp³-hybridized carbons (Fsp3) is 1.00. The van der Waals surface area contributed by atoms with Gasteiger partial charge in [-0.2, -0.15) is 0 Å². The van der Waals surface area contributed by atoms with Gasteiger partial charge in [-0.3, -0.25) is 4.90 Å². The van der Waals surface area contributed by atoms with E-state index in [1.807, 2.05) is 0 Å². The van der Waals surface area contributed by atoms with Crippen LogP contribution in [0.15, 0.2) is 0 Å². The number of rotatable bonds is 5. The Labute approximate surface area is 87.6 Å². The second-order valence-corrected chi connectivity index (χ2v) is 4.56. The highest BCUT2D eigenvalue weighted by Crippen LogP contribution is 2.33. The predicted octanol–water partition coefficient (Wildman–Crippen LogP) is 1.22. The highest BCUT2D eigenvalue weighted by atomic mass is 16.5. The summed E-state index contributed by atoms with van der Waals surface area (Å²) >= 11 is 0. The van der Waals surface area contributed by atoms with Gasteiger partial charge < -0.3 is 10.5 Å². The molecule has 0 aliphatic heterocycles. The fourth-order valence-corrected chi connectivity index (χ4v) is 2.43. The average molecular weight is 200 g/mol. The van der Waals surface area contributed by atoms with E-state index in [0.717, 1.165) is 13.1 Å². The minimum atomic E-state index is 0.257. The molecule has 3 heteroatoms. The van der Waals surface area contributed by atoms with E-state index in [-0.39, 0.29) is 5.54 Å². The Hall–Kier alpha value is -0.120. The maximum atomic E-state index is 5.90. The third-order valence-electron chi connectivity index (χ3n) is 3.66. The maximum absolute atomic E-state index is 5.90. The van der Waals surface area contributed by atoms with Crippen molar-refractivity contribution in [2.75, 3.05) is 27.2 Å². The summed E-state index contributed by atoms with van der Waals surface area (Å²) in [5.74, 6) is 0. The molecular weight excluding hydrogens is 176 g/mol. The monoisotopic (exact) mass is 200 g/mol. The van der Waals surface area contributed by atoms with Gasteiger partial charge in [-0.1, -0.05) is 12.8 Å². The number of nitrogens with two attached hydrogens (primary N) is 1. The van der Waals surface area contributed by atoms with Crippen molar-refractivity contribution in [1.29, 1.82) is 0 Å². The lowest BCUT2D eigenvalue weighted by molar-refractivity contribution is 0.0409. The first-order valence-electron chi connectivity index (χ1n) is 5.59. The molecule has 14 heavy (non-hydrogen) atoms. The van der Waals surface area contributed by atoms with E-state index in [2.05, 4.69) is 18.9 Å². The van der Waals surface area contributed by atoms with Crippen molar-refractivity contribution in [3.8, 4) is 0 Å². The molecule has 1 rings (SSSR count). The molecule has 1 aliphatic rings. The lowest BCUT2D eigenvalue weighted by Gasteiger charge is -2.39. The summed E-state index contributed by atoms with van der Waals surface area (Å²) in [6.07, 6.45) is 5.43. The molecule has 0 aromatic heterocycles. The molecule has 1 aliphatic carbocycles. The molecule has 0 heterocycles. The van der Waals surface area contributed by atoms with Crippen LogP contribution >= 0.6 is 0 Å². The van der Waals surface area contributed by atoms with Crippen molar-refractivity contribution >= 4 is 0 Å². The zero-order valence-electron chi connectivity index (χ0n) is 9.75. The van der Waals surface area contributed by atoms with Crippen LogP contribution in [-0.4, -0.2) is 43.8 Å². The van der Waals surface area contributed by atoms with Crippen molar-refractivity contribution in [2.45, 2.75) is 44.2 Å². The predicted molar refractivity (Wildman–Crippen MR) is 59.4 cm³/mol. The summed E-state index contributed by atoms with van der Waals surface area (Å²) < 4.78 is 5.29. The Balaban J connectivity index is 2.51. The van der Waals surface area contributed by atoms with Crippen LogP contribution in [0.2, 0.25) is 0 Å². The summed E-state index contributed by atoms with van der Waals surface area (Å²) in [5, 5.41) is 0. The number of likely N-dealkylation sites (N-methyl/N-ethyl adjacent to an activating group) is 1. The second kappa shape index (κ2) is 5.10. The number of hydrogen-bond acceptors (Lipinski definition) is 3. The molecule has 2 N–H and O–H groups in total. The molecule has 0 radical (unpaired) electrons. The lowest BCUT2D eigenvalue weighted by atomic mass is 9.95. The molecule has 0 spiro atoms. The van der Waals surface area contributed by atoms with Crippen LogP contribution in [0.25, 0.3) is 0 Å². The highest BCUT2D eigenvalue weighted by Gasteiger charge is 2.36. The van der Waals surface area contributed by atoms with Crippen LogP contribution < -0.4 is 5.73 Å². The molecule has 0 amide bonds. The van der Waals surface area contributed by atoms with Gasteiger partial charge in [0.1, 0.15) is 0 Å². The Bertz CT molecular complexity index is 167. The SMILES string of the molecule is COC(C)CN(C)C1(CN)CCCC1. The quantitative estimate of drug-likeness (QED) is 0.725. The molecule has 84 valence electrons. The molecule has 0 saturated heterocycles. The Morgan fingerprint density at radius 3 is 2.43 bits per heavy atom. The van der Waals surface area contributed by atoms with Crippen molar-refractivity contribution in [2.24, 2.45) is 5.73 Å². The van der Waals surface area contributed by atoms with Gasteiger partial charge in [0.25, 0.3) is 0 Å². The Morgan fingerprint density at radius 2 is 2.00 bits per heavy atom. The first-order chi connectivity index (χ1) is 6.64. The molecule has 3 nitrogen and oxygen atoms in total. The van der Waals surface area contributed by atoms with Crippen LogP contribution in [0.3, 0.4) is 0 Å². The van der Waals surface area contributed by atoms with Gasteiger partial charge in [0.2, 0.25) is 0 Å². The second-order valence-electron chi connectivity index (χ2n) is 4.56. The topological polar surface area (TPSA) is 38.5 Å². The molecule has 0 aromatic carbocycles. The van der Waals surface area contributed by atoms with Gasteiger partial charge in [0.15, 0.2) is 0 Å². The first kappa shape index (κ1) is 12.0. The summed E-state index contributed by atoms with van der Waals surface area (Å²) in [4.78, 5) is 2.40. The summed E-state index contributed by atoms with van der Waals surface area (Å²) in [7, 11) is 3.94. The number of nitrogens with zero attached hydrogens (tertiary/aromatic N) is 1. The van der Waals surface area contributed by atoms with E-state index < -0.39 is 0 Å². The minimum Gasteiger partial charge on any atom is -0.380 e. The van der Waals surface area contributed by atoms with E-state index >= 15 is 0 Å². The van der Waals surface area contributed by atoms with E-state index in [9.17, 15) is 0 Å². The van der Waals surface area contributed by atoms with Gasteiger partial charge in [0, 0.05) is 25.7 Å². The van der Waals surface area contributed by atoms with Gasteiger partial charge in [0.05, 0.1) is 6.10 Å². The number of ether oxygens (including phenoxy) is 1. The molecule has 1 atom stereocenters. The van der Waals surface area contributed by atoms with Gasteiger partial charge in [-0.15, -0.1) is 0 Å². The van der Waals surface area contributed by atoms with Crippen LogP contribution in [0.5, 0.6) is 0 Å². The molecular formula is C11H24N2O. The standard InChI is InChI=1S/C11H24N2O/c1-10(14-3)8-13(2)11(9-12)6-4-5-7-11/h10H,4-9,12H2,1-3H3. The maximum Gasteiger partial charge on any atom is 0.0670 e. The van der Waals surface area contributed by atoms with E-state index in [1.165, 1.54) is 25.7 Å². The smallest absolute Gasteiger partial charge is 0.0670 e. The zero-order chi connectivity index (χ0) is 10.6. The highest BCUT2D eigenvalue weighted by molar-refractivity contribution is 4.94. The van der Waals surface area contributed by atoms with Crippen LogP contribution in [0.4, 0.5) is 0 Å². The van der Waals surface area contributed by atoms with Gasteiger partial charge in [-0.25, -0.2) is 0 Å². The van der Waals surface area contributed by atoms with Crippen molar-refractivity contribution in [1.82, 2.24) is 4.90 Å². The average Bonchev–Trinajstić information content (AvgIpc) is 2.67. The largest absolute Gasteiger partial charge is 0.380 e. The summed E-state index contributed by atoms with van der Waals surface area (Å²) in [5.41, 5.74) is 6.16. The van der Waals surface area contributed by atoms with E-state index in [4.69, 9.17) is 10.5 Å². The minimum absolute atomic E-state index is 0.257. The summed E-state index contributed by atoms with van der Waals surface area (Å²) in [6.45, 7) is 3.86. The molecule has 1 unspecified atom stereocenters. The number of methoxy groups -OCH3 is 1. The third-order valence-corrected chi connectivity index (χ3v) is 3.66. The number of hydrogen-bond donors (Lipinski definition) is 1. The third kappa shape index (κ3) is 2.47. The van der Waals surface area contributed by atoms with E-state index in [1.54, 1.807) is 7.11 Å². The first-order valence-corrected chi connectivity index (χ1v) is 5.59. The van der Waals surface area contributed by atoms with Crippen molar-refractivity contribution in [3.05, 3.63) is 0 Å². The van der Waals surface area contributed by atoms with Gasteiger partial charge in [-0.05, 0) is 26.8 Å². The van der Waals surface area contributed by atoms with Crippen molar-refractivity contribution < 1.29 is 4.74 Å². The van der Waals surface area contributed by atoms with Crippen molar-refractivity contribution in [3.63, 3.8) is 0 Å². The zero-order valence-corrected chi connectivity index (χ0v) is 9.75. The van der Waals surface area contributed by atoms with Crippen LogP contribution in [0.1, 0.15) is 32.6 Å². The van der Waals surface area contributed by atoms with Crippen LogP contribution in [-0.2, 0) is 4.74 Å². The van der Waals surface area contributed by atoms with Crippen LogP contribution in [0, 0.1) is 0 Å². The Morgan fingerprint density at radius 1 is 1.43 bits per heavy atom. The lowest BCUT2D eigenvalue weighted by Crippen LogP contribution is -2.52. The van der Waals surface area contributed by atoms with E-state index in [0.29, 0.717) is 6.10 Å². The molecule has 1 fully saturated rings. The summed E-state index contributed by atoms with van der Waals surface area (Å²) in [6, 6.07) is 0. The fourth-order valence-electron chi connectivity index (χ4n) is 2.43.